The van der Waals surface area contributed by atoms with E-state index in [2.05, 4.69) is 10.2 Å². The molecule has 0 amide bonds. The minimum atomic E-state index is -0.449. The van der Waals surface area contributed by atoms with Crippen molar-refractivity contribution in [1.82, 2.24) is 10.2 Å². The summed E-state index contributed by atoms with van der Waals surface area (Å²) in [4.78, 5) is 2.53. The van der Waals surface area contributed by atoms with Crippen molar-refractivity contribution in [2.24, 2.45) is 5.41 Å². The lowest BCUT2D eigenvalue weighted by molar-refractivity contribution is 0.0580. The number of hydrogen-bond acceptors (Lipinski definition) is 3. The first-order chi connectivity index (χ1) is 9.57. The maximum Gasteiger partial charge on any atom is 0.0758 e. The number of nitrogens with zero attached hydrogens (tertiary/aromatic N) is 1. The summed E-state index contributed by atoms with van der Waals surface area (Å²) in [5, 5.41) is 14.0. The molecule has 3 fully saturated rings. The van der Waals surface area contributed by atoms with E-state index in [1.807, 2.05) is 6.92 Å². The van der Waals surface area contributed by atoms with Gasteiger partial charge >= 0.3 is 0 Å². The minimum Gasteiger partial charge on any atom is -0.389 e. The molecule has 1 atom stereocenters. The molecule has 3 aliphatic rings. The molecule has 116 valence electrons. The van der Waals surface area contributed by atoms with E-state index in [0.29, 0.717) is 5.41 Å². The number of aliphatic hydroxyl groups is 1. The van der Waals surface area contributed by atoms with Gasteiger partial charge in [0.15, 0.2) is 0 Å². The third kappa shape index (κ3) is 3.96. The third-order valence-corrected chi connectivity index (χ3v) is 5.60. The highest BCUT2D eigenvalue weighted by atomic mass is 16.3. The summed E-state index contributed by atoms with van der Waals surface area (Å²) in [6, 6.07) is 0.816. The first kappa shape index (κ1) is 14.8. The fourth-order valence-corrected chi connectivity index (χ4v) is 4.17. The normalized spacial score (nSPS) is 35.1. The van der Waals surface area contributed by atoms with Crippen LogP contribution in [-0.4, -0.2) is 47.8 Å². The van der Waals surface area contributed by atoms with Gasteiger partial charge in [0.1, 0.15) is 0 Å². The third-order valence-electron chi connectivity index (χ3n) is 5.60. The Morgan fingerprint density at radius 3 is 2.35 bits per heavy atom. The molecule has 1 heterocycles. The van der Waals surface area contributed by atoms with E-state index >= 15 is 0 Å². The van der Waals surface area contributed by atoms with Crippen molar-refractivity contribution < 1.29 is 5.11 Å². The Hall–Kier alpha value is -0.120. The second kappa shape index (κ2) is 5.94. The molecule has 2 N–H and O–H groups in total. The van der Waals surface area contributed by atoms with Crippen molar-refractivity contribution in [1.29, 1.82) is 0 Å². The highest BCUT2D eigenvalue weighted by molar-refractivity contribution is 4.94. The lowest BCUT2D eigenvalue weighted by atomic mass is 9.79. The highest BCUT2D eigenvalue weighted by Gasteiger charge is 2.39. The molecule has 0 radical (unpaired) electrons. The van der Waals surface area contributed by atoms with Gasteiger partial charge in [0.25, 0.3) is 0 Å². The molecular weight excluding hydrogens is 248 g/mol. The molecule has 2 aliphatic carbocycles. The van der Waals surface area contributed by atoms with Crippen LogP contribution in [0, 0.1) is 5.41 Å². The van der Waals surface area contributed by atoms with Crippen LogP contribution in [0.2, 0.25) is 0 Å². The fourth-order valence-electron chi connectivity index (χ4n) is 4.17. The Morgan fingerprint density at radius 2 is 1.80 bits per heavy atom. The number of nitrogens with one attached hydrogen (secondary N) is 1. The average molecular weight is 280 g/mol. The summed E-state index contributed by atoms with van der Waals surface area (Å²) in [6.07, 6.45) is 12.1. The molecule has 0 aromatic carbocycles. The number of hydrogen-bond donors (Lipinski definition) is 2. The van der Waals surface area contributed by atoms with E-state index in [0.717, 1.165) is 25.6 Å². The van der Waals surface area contributed by atoms with Gasteiger partial charge in [-0.25, -0.2) is 0 Å². The van der Waals surface area contributed by atoms with Crippen LogP contribution < -0.4 is 5.32 Å². The first-order valence-electron chi connectivity index (χ1n) is 8.75. The Balaban J connectivity index is 1.61. The molecule has 3 heteroatoms. The van der Waals surface area contributed by atoms with Gasteiger partial charge in [-0.2, -0.15) is 0 Å². The predicted molar refractivity (Wildman–Crippen MR) is 82.8 cm³/mol. The summed E-state index contributed by atoms with van der Waals surface area (Å²) in [5.74, 6) is 0. The van der Waals surface area contributed by atoms with Crippen LogP contribution in [0.15, 0.2) is 0 Å². The molecule has 0 bridgehead atoms. The van der Waals surface area contributed by atoms with Crippen molar-refractivity contribution in [3.63, 3.8) is 0 Å². The minimum absolute atomic E-state index is 0.449. The maximum atomic E-state index is 10.2. The Kier molecular flexibility index (Phi) is 4.40. The summed E-state index contributed by atoms with van der Waals surface area (Å²) < 4.78 is 0. The largest absolute Gasteiger partial charge is 0.389 e. The van der Waals surface area contributed by atoms with Crippen LogP contribution in [0.3, 0.4) is 0 Å². The van der Waals surface area contributed by atoms with Crippen LogP contribution in [0.5, 0.6) is 0 Å². The molecule has 1 aliphatic heterocycles. The van der Waals surface area contributed by atoms with E-state index in [1.165, 1.54) is 64.5 Å². The zero-order valence-corrected chi connectivity index (χ0v) is 13.2. The second-order valence-corrected chi connectivity index (χ2v) is 8.03. The van der Waals surface area contributed by atoms with E-state index in [4.69, 9.17) is 0 Å². The lowest BCUT2D eigenvalue weighted by Gasteiger charge is -2.37. The molecule has 1 unspecified atom stereocenters. The van der Waals surface area contributed by atoms with E-state index < -0.39 is 5.60 Å². The summed E-state index contributed by atoms with van der Waals surface area (Å²) in [5.41, 5.74) is 0.0232. The first-order valence-corrected chi connectivity index (χ1v) is 8.75. The fraction of sp³-hybridized carbons (Fsp3) is 1.00. The van der Waals surface area contributed by atoms with Gasteiger partial charge in [-0.05, 0) is 44.4 Å². The van der Waals surface area contributed by atoms with Gasteiger partial charge in [0, 0.05) is 32.2 Å². The molecule has 0 aromatic heterocycles. The quantitative estimate of drug-likeness (QED) is 0.760. The highest BCUT2D eigenvalue weighted by Crippen LogP contribution is 2.37. The summed E-state index contributed by atoms with van der Waals surface area (Å²) >= 11 is 0. The van der Waals surface area contributed by atoms with Crippen molar-refractivity contribution in [2.45, 2.75) is 76.4 Å². The summed E-state index contributed by atoms with van der Waals surface area (Å²) in [7, 11) is 0. The van der Waals surface area contributed by atoms with Gasteiger partial charge in [-0.3, -0.25) is 4.90 Å². The SMILES string of the molecule is CC1(O)CCN(CC2(CNC3CC3)CCCCCC2)C1. The van der Waals surface area contributed by atoms with E-state index in [1.54, 1.807) is 0 Å². The smallest absolute Gasteiger partial charge is 0.0758 e. The molecule has 1 saturated heterocycles. The maximum absolute atomic E-state index is 10.2. The van der Waals surface area contributed by atoms with Crippen molar-refractivity contribution >= 4 is 0 Å². The number of β-amino-alcohol motifs (C(OH)–C–C–N with tert-alkyl or cyclic N) is 1. The van der Waals surface area contributed by atoms with Gasteiger partial charge in [-0.15, -0.1) is 0 Å². The number of likely N-dealkylation sites (tertiary alicyclic amines) is 1. The summed E-state index contributed by atoms with van der Waals surface area (Å²) in [6.45, 7) is 6.35. The molecule has 3 rings (SSSR count). The molecule has 0 spiro atoms. The predicted octanol–water partition coefficient (Wildman–Crippen LogP) is 2.54. The van der Waals surface area contributed by atoms with Gasteiger partial charge in [0.2, 0.25) is 0 Å². The van der Waals surface area contributed by atoms with Crippen LogP contribution in [0.1, 0.15) is 64.7 Å². The van der Waals surface area contributed by atoms with Crippen molar-refractivity contribution in [3.05, 3.63) is 0 Å². The van der Waals surface area contributed by atoms with Crippen LogP contribution >= 0.6 is 0 Å². The zero-order chi connectivity index (χ0) is 14.1. The van der Waals surface area contributed by atoms with Gasteiger partial charge in [0.05, 0.1) is 5.60 Å². The van der Waals surface area contributed by atoms with E-state index in [-0.39, 0.29) is 0 Å². The lowest BCUT2D eigenvalue weighted by Crippen LogP contribution is -2.45. The second-order valence-electron chi connectivity index (χ2n) is 8.03. The van der Waals surface area contributed by atoms with Crippen LogP contribution in [0.4, 0.5) is 0 Å². The number of rotatable bonds is 5. The van der Waals surface area contributed by atoms with Crippen molar-refractivity contribution in [2.75, 3.05) is 26.2 Å². The van der Waals surface area contributed by atoms with Crippen molar-refractivity contribution in [3.8, 4) is 0 Å². The molecule has 2 saturated carbocycles. The standard InChI is InChI=1S/C17H32N2O/c1-16(20)10-11-19(13-16)14-17(12-18-15-6-7-15)8-4-2-3-5-9-17/h15,18,20H,2-14H2,1H3. The van der Waals surface area contributed by atoms with E-state index in [9.17, 15) is 5.11 Å². The van der Waals surface area contributed by atoms with Gasteiger partial charge in [-0.1, -0.05) is 25.7 Å². The Morgan fingerprint density at radius 1 is 1.10 bits per heavy atom. The average Bonchev–Trinajstić information content (AvgIpc) is 3.17. The monoisotopic (exact) mass is 280 g/mol. The Bertz CT molecular complexity index is 317. The molecule has 0 aromatic rings. The molecular formula is C17H32N2O. The van der Waals surface area contributed by atoms with Crippen LogP contribution in [-0.2, 0) is 0 Å². The Labute approximate surface area is 124 Å². The van der Waals surface area contributed by atoms with Gasteiger partial charge < -0.3 is 10.4 Å². The zero-order valence-electron chi connectivity index (χ0n) is 13.2. The topological polar surface area (TPSA) is 35.5 Å². The molecule has 3 nitrogen and oxygen atoms in total. The van der Waals surface area contributed by atoms with Crippen LogP contribution in [0.25, 0.3) is 0 Å². The molecule has 20 heavy (non-hydrogen) atoms.